The first-order valence-electron chi connectivity index (χ1n) is 7.00. The van der Waals surface area contributed by atoms with E-state index in [1.165, 1.54) is 0 Å². The second-order valence-corrected chi connectivity index (χ2v) is 4.91. The summed E-state index contributed by atoms with van der Waals surface area (Å²) in [4.78, 5) is 29.5. The molecule has 1 N–H and O–H groups in total. The van der Waals surface area contributed by atoms with Gasteiger partial charge in [0.05, 0.1) is 0 Å². The average Bonchev–Trinajstić information content (AvgIpc) is 2.87. The van der Waals surface area contributed by atoms with Crippen molar-refractivity contribution in [3.05, 3.63) is 11.7 Å². The standard InChI is InChI=1S/C13H20N4O3/c1-3-4-10-15-11(20-16-10)5-6-12(18)17-8-7-14-13(19)9(17)2/h9H,3-8H2,1-2H3,(H,14,19). The molecular formula is C13H20N4O3. The van der Waals surface area contributed by atoms with E-state index < -0.39 is 6.04 Å². The summed E-state index contributed by atoms with van der Waals surface area (Å²) in [5, 5.41) is 6.58. The molecule has 1 atom stereocenters. The lowest BCUT2D eigenvalue weighted by Crippen LogP contribution is -2.55. The van der Waals surface area contributed by atoms with Crippen LogP contribution in [0.5, 0.6) is 0 Å². The molecule has 1 unspecified atom stereocenters. The highest BCUT2D eigenvalue weighted by Crippen LogP contribution is 2.09. The predicted octanol–water partition coefficient (Wildman–Crippen LogP) is 0.302. The summed E-state index contributed by atoms with van der Waals surface area (Å²) < 4.78 is 5.09. The van der Waals surface area contributed by atoms with Crippen molar-refractivity contribution in [1.29, 1.82) is 0 Å². The molecule has 0 aliphatic carbocycles. The smallest absolute Gasteiger partial charge is 0.242 e. The summed E-state index contributed by atoms with van der Waals surface area (Å²) in [6, 6.07) is -0.408. The van der Waals surface area contributed by atoms with Crippen LogP contribution in [0, 0.1) is 0 Å². The van der Waals surface area contributed by atoms with Gasteiger partial charge < -0.3 is 14.7 Å². The maximum atomic E-state index is 12.1. The van der Waals surface area contributed by atoms with Gasteiger partial charge in [-0.2, -0.15) is 4.98 Å². The highest BCUT2D eigenvalue weighted by molar-refractivity contribution is 5.88. The lowest BCUT2D eigenvalue weighted by molar-refractivity contribution is -0.142. The van der Waals surface area contributed by atoms with Crippen LogP contribution in [0.15, 0.2) is 4.52 Å². The molecule has 0 bridgehead atoms. The summed E-state index contributed by atoms with van der Waals surface area (Å²) in [5.41, 5.74) is 0. The Bertz CT molecular complexity index is 486. The third kappa shape index (κ3) is 3.34. The highest BCUT2D eigenvalue weighted by Gasteiger charge is 2.29. The van der Waals surface area contributed by atoms with Gasteiger partial charge in [0.15, 0.2) is 5.82 Å². The number of nitrogens with one attached hydrogen (secondary N) is 1. The van der Waals surface area contributed by atoms with Crippen LogP contribution in [0.1, 0.15) is 38.4 Å². The zero-order valence-electron chi connectivity index (χ0n) is 11.9. The highest BCUT2D eigenvalue weighted by atomic mass is 16.5. The minimum absolute atomic E-state index is 0.0532. The number of amides is 2. The fourth-order valence-electron chi connectivity index (χ4n) is 2.20. The van der Waals surface area contributed by atoms with Crippen LogP contribution in [-0.4, -0.2) is 46.0 Å². The number of carbonyl (C=O) groups excluding carboxylic acids is 2. The summed E-state index contributed by atoms with van der Waals surface area (Å²) in [6.45, 7) is 4.84. The minimum Gasteiger partial charge on any atom is -0.353 e. The minimum atomic E-state index is -0.408. The van der Waals surface area contributed by atoms with E-state index in [1.807, 2.05) is 6.92 Å². The number of hydrogen-bond acceptors (Lipinski definition) is 5. The number of nitrogens with zero attached hydrogens (tertiary/aromatic N) is 3. The Balaban J connectivity index is 1.86. The van der Waals surface area contributed by atoms with E-state index in [2.05, 4.69) is 15.5 Å². The first-order valence-corrected chi connectivity index (χ1v) is 7.00. The zero-order chi connectivity index (χ0) is 14.5. The normalized spacial score (nSPS) is 19.0. The molecule has 1 aromatic rings. The second kappa shape index (κ2) is 6.49. The molecule has 1 fully saturated rings. The first-order chi connectivity index (χ1) is 9.61. The van der Waals surface area contributed by atoms with Crippen molar-refractivity contribution in [2.45, 2.75) is 45.6 Å². The van der Waals surface area contributed by atoms with E-state index in [4.69, 9.17) is 4.52 Å². The summed E-state index contributed by atoms with van der Waals surface area (Å²) in [5.74, 6) is 1.01. The molecule has 0 saturated carbocycles. The van der Waals surface area contributed by atoms with E-state index in [0.717, 1.165) is 12.8 Å². The molecule has 20 heavy (non-hydrogen) atoms. The summed E-state index contributed by atoms with van der Waals surface area (Å²) in [7, 11) is 0. The zero-order valence-corrected chi connectivity index (χ0v) is 11.9. The van der Waals surface area contributed by atoms with E-state index in [9.17, 15) is 9.59 Å². The van der Waals surface area contributed by atoms with E-state index in [-0.39, 0.29) is 18.2 Å². The van der Waals surface area contributed by atoms with Crippen molar-refractivity contribution in [2.75, 3.05) is 13.1 Å². The third-order valence-corrected chi connectivity index (χ3v) is 3.36. The van der Waals surface area contributed by atoms with Gasteiger partial charge in [-0.05, 0) is 13.3 Å². The number of hydrogen-bond donors (Lipinski definition) is 1. The van der Waals surface area contributed by atoms with E-state index >= 15 is 0 Å². The summed E-state index contributed by atoms with van der Waals surface area (Å²) in [6.07, 6.45) is 2.44. The molecule has 7 nitrogen and oxygen atoms in total. The van der Waals surface area contributed by atoms with Crippen LogP contribution in [0.3, 0.4) is 0 Å². The Hall–Kier alpha value is -1.92. The van der Waals surface area contributed by atoms with E-state index in [0.29, 0.717) is 31.2 Å². The van der Waals surface area contributed by atoms with Crippen LogP contribution in [0.4, 0.5) is 0 Å². The summed E-state index contributed by atoms with van der Waals surface area (Å²) >= 11 is 0. The lowest BCUT2D eigenvalue weighted by atomic mass is 10.1. The molecule has 110 valence electrons. The number of rotatable bonds is 5. The molecule has 1 aromatic heterocycles. The van der Waals surface area contributed by atoms with Crippen molar-refractivity contribution in [3.8, 4) is 0 Å². The Labute approximate surface area is 117 Å². The maximum absolute atomic E-state index is 12.1. The van der Waals surface area contributed by atoms with Crippen molar-refractivity contribution in [3.63, 3.8) is 0 Å². The molecule has 2 rings (SSSR count). The van der Waals surface area contributed by atoms with Gasteiger partial charge >= 0.3 is 0 Å². The topological polar surface area (TPSA) is 88.3 Å². The van der Waals surface area contributed by atoms with E-state index in [1.54, 1.807) is 11.8 Å². The van der Waals surface area contributed by atoms with Crippen LogP contribution in [0.2, 0.25) is 0 Å². The quantitative estimate of drug-likeness (QED) is 0.838. The third-order valence-electron chi connectivity index (χ3n) is 3.36. The van der Waals surface area contributed by atoms with Crippen molar-refractivity contribution < 1.29 is 14.1 Å². The van der Waals surface area contributed by atoms with Gasteiger partial charge in [0, 0.05) is 32.4 Å². The van der Waals surface area contributed by atoms with Crippen molar-refractivity contribution >= 4 is 11.8 Å². The molecule has 0 radical (unpaired) electrons. The molecule has 1 aliphatic heterocycles. The van der Waals surface area contributed by atoms with Gasteiger partial charge in [-0.15, -0.1) is 0 Å². The Morgan fingerprint density at radius 1 is 1.50 bits per heavy atom. The number of aryl methyl sites for hydroxylation is 2. The lowest BCUT2D eigenvalue weighted by Gasteiger charge is -2.32. The molecular weight excluding hydrogens is 260 g/mol. The Morgan fingerprint density at radius 2 is 2.30 bits per heavy atom. The number of carbonyl (C=O) groups is 2. The molecule has 2 heterocycles. The van der Waals surface area contributed by atoms with Gasteiger partial charge in [-0.3, -0.25) is 9.59 Å². The molecule has 7 heteroatoms. The first kappa shape index (κ1) is 14.5. The fourth-order valence-corrected chi connectivity index (χ4v) is 2.20. The number of piperazine rings is 1. The largest absolute Gasteiger partial charge is 0.353 e. The van der Waals surface area contributed by atoms with Crippen LogP contribution < -0.4 is 5.32 Å². The molecule has 1 aliphatic rings. The second-order valence-electron chi connectivity index (χ2n) is 4.91. The monoisotopic (exact) mass is 280 g/mol. The Kier molecular flexibility index (Phi) is 4.70. The van der Waals surface area contributed by atoms with Crippen LogP contribution in [0.25, 0.3) is 0 Å². The van der Waals surface area contributed by atoms with Gasteiger partial charge in [0.1, 0.15) is 6.04 Å². The van der Waals surface area contributed by atoms with Gasteiger partial charge in [0.25, 0.3) is 0 Å². The number of aromatic nitrogens is 2. The Morgan fingerprint density at radius 3 is 3.05 bits per heavy atom. The van der Waals surface area contributed by atoms with Gasteiger partial charge in [-0.25, -0.2) is 0 Å². The molecule has 1 saturated heterocycles. The fraction of sp³-hybridized carbons (Fsp3) is 0.692. The van der Waals surface area contributed by atoms with Gasteiger partial charge in [-0.1, -0.05) is 12.1 Å². The van der Waals surface area contributed by atoms with Crippen LogP contribution >= 0.6 is 0 Å². The molecule has 0 aromatic carbocycles. The predicted molar refractivity (Wildman–Crippen MR) is 70.8 cm³/mol. The van der Waals surface area contributed by atoms with Crippen LogP contribution in [-0.2, 0) is 22.4 Å². The maximum Gasteiger partial charge on any atom is 0.242 e. The average molecular weight is 280 g/mol. The van der Waals surface area contributed by atoms with Gasteiger partial charge in [0.2, 0.25) is 17.7 Å². The molecule has 2 amide bonds. The van der Waals surface area contributed by atoms with Crippen molar-refractivity contribution in [1.82, 2.24) is 20.4 Å². The van der Waals surface area contributed by atoms with Crippen molar-refractivity contribution in [2.24, 2.45) is 0 Å². The molecule has 0 spiro atoms. The SMILES string of the molecule is CCCc1noc(CCC(=O)N2CCNC(=O)C2C)n1.